The summed E-state index contributed by atoms with van der Waals surface area (Å²) in [5.41, 5.74) is 4.99. The Morgan fingerprint density at radius 1 is 1.10 bits per heavy atom. The van der Waals surface area contributed by atoms with E-state index in [9.17, 15) is 4.79 Å². The smallest absolute Gasteiger partial charge is 0.259 e. The highest BCUT2D eigenvalue weighted by Crippen LogP contribution is 2.30. The Hall–Kier alpha value is -2.83. The predicted molar refractivity (Wildman–Crippen MR) is 115 cm³/mol. The number of morpholine rings is 1. The molecular weight excluding hydrogens is 388 g/mol. The largest absolute Gasteiger partial charge is 0.378 e. The lowest BCUT2D eigenvalue weighted by molar-refractivity contribution is 0.102. The van der Waals surface area contributed by atoms with Crippen molar-refractivity contribution in [2.75, 3.05) is 36.5 Å². The lowest BCUT2D eigenvalue weighted by Gasteiger charge is -2.30. The van der Waals surface area contributed by atoms with Crippen molar-refractivity contribution in [3.63, 3.8) is 0 Å². The van der Waals surface area contributed by atoms with E-state index in [1.165, 1.54) is 0 Å². The molecule has 3 aromatic rings. The van der Waals surface area contributed by atoms with Crippen molar-refractivity contribution < 1.29 is 9.53 Å². The molecule has 2 aromatic carbocycles. The molecule has 0 bridgehead atoms. The van der Waals surface area contributed by atoms with E-state index in [2.05, 4.69) is 15.3 Å². The first-order valence-electron chi connectivity index (χ1n) is 9.59. The van der Waals surface area contributed by atoms with Gasteiger partial charge in [0.15, 0.2) is 0 Å². The minimum atomic E-state index is -0.209. The Balaban J connectivity index is 1.62. The maximum Gasteiger partial charge on any atom is 0.259 e. The van der Waals surface area contributed by atoms with E-state index in [1.54, 1.807) is 16.9 Å². The first-order chi connectivity index (χ1) is 14.0. The molecule has 29 heavy (non-hydrogen) atoms. The van der Waals surface area contributed by atoms with Crippen LogP contribution in [-0.4, -0.2) is 42.0 Å². The monoisotopic (exact) mass is 410 g/mol. The standard InChI is InChI=1S/C22H23ClN4O2/c1-15-5-3-4-6-20(15)27-16(2)18(14-24-27)22(28)25-19-13-17(23)7-8-21(19)26-9-11-29-12-10-26/h3-8,13-14H,9-12H2,1-2H3,(H,25,28). The Labute approximate surface area is 175 Å². The van der Waals surface area contributed by atoms with Gasteiger partial charge in [-0.1, -0.05) is 29.8 Å². The summed E-state index contributed by atoms with van der Waals surface area (Å²) in [6.07, 6.45) is 1.61. The van der Waals surface area contributed by atoms with Crippen LogP contribution < -0.4 is 10.2 Å². The quantitative estimate of drug-likeness (QED) is 0.699. The SMILES string of the molecule is Cc1ccccc1-n1ncc(C(=O)Nc2cc(Cl)ccc2N2CCOCC2)c1C. The number of hydrogen-bond acceptors (Lipinski definition) is 4. The number of para-hydroxylation sites is 1. The number of ether oxygens (including phenoxy) is 1. The molecule has 0 unspecified atom stereocenters. The van der Waals surface area contributed by atoms with Crippen LogP contribution in [0.3, 0.4) is 0 Å². The molecule has 0 aliphatic carbocycles. The topological polar surface area (TPSA) is 59.4 Å². The van der Waals surface area contributed by atoms with E-state index in [0.29, 0.717) is 29.5 Å². The van der Waals surface area contributed by atoms with Gasteiger partial charge >= 0.3 is 0 Å². The molecule has 0 spiro atoms. The summed E-state index contributed by atoms with van der Waals surface area (Å²) in [6.45, 7) is 6.80. The summed E-state index contributed by atoms with van der Waals surface area (Å²) in [6, 6.07) is 13.5. The lowest BCUT2D eigenvalue weighted by atomic mass is 10.2. The molecule has 1 amide bonds. The second kappa shape index (κ2) is 8.27. The summed E-state index contributed by atoms with van der Waals surface area (Å²) in [4.78, 5) is 15.3. The molecule has 1 fully saturated rings. The zero-order valence-electron chi connectivity index (χ0n) is 16.5. The van der Waals surface area contributed by atoms with Crippen LogP contribution in [0.25, 0.3) is 5.69 Å². The first-order valence-corrected chi connectivity index (χ1v) is 9.96. The fourth-order valence-corrected chi connectivity index (χ4v) is 3.73. The second-order valence-electron chi connectivity index (χ2n) is 7.06. The molecule has 0 atom stereocenters. The van der Waals surface area contributed by atoms with Crippen LogP contribution in [0, 0.1) is 13.8 Å². The third-order valence-corrected chi connectivity index (χ3v) is 5.39. The van der Waals surface area contributed by atoms with Gasteiger partial charge in [-0.05, 0) is 43.7 Å². The van der Waals surface area contributed by atoms with Gasteiger partial charge in [-0.2, -0.15) is 5.10 Å². The molecule has 4 rings (SSSR count). The summed E-state index contributed by atoms with van der Waals surface area (Å²) in [7, 11) is 0. The van der Waals surface area contributed by atoms with Gasteiger partial charge in [0.1, 0.15) is 0 Å². The van der Waals surface area contributed by atoms with Crippen LogP contribution in [0.4, 0.5) is 11.4 Å². The summed E-state index contributed by atoms with van der Waals surface area (Å²) in [5, 5.41) is 8.04. The minimum absolute atomic E-state index is 0.209. The van der Waals surface area contributed by atoms with Crippen LogP contribution in [0.2, 0.25) is 5.02 Å². The Morgan fingerprint density at radius 3 is 2.62 bits per heavy atom. The molecule has 7 heteroatoms. The van der Waals surface area contributed by atoms with Crippen molar-refractivity contribution in [2.45, 2.75) is 13.8 Å². The highest BCUT2D eigenvalue weighted by atomic mass is 35.5. The van der Waals surface area contributed by atoms with E-state index in [1.807, 2.05) is 50.2 Å². The molecule has 1 aliphatic heterocycles. The normalized spacial score (nSPS) is 14.1. The van der Waals surface area contributed by atoms with E-state index < -0.39 is 0 Å². The molecule has 1 aromatic heterocycles. The van der Waals surface area contributed by atoms with Crippen molar-refractivity contribution >= 4 is 28.9 Å². The van der Waals surface area contributed by atoms with Crippen LogP contribution in [0.5, 0.6) is 0 Å². The summed E-state index contributed by atoms with van der Waals surface area (Å²) < 4.78 is 7.24. The van der Waals surface area contributed by atoms with Gasteiger partial charge in [-0.15, -0.1) is 0 Å². The zero-order valence-corrected chi connectivity index (χ0v) is 17.2. The first kappa shape index (κ1) is 19.5. The third-order valence-electron chi connectivity index (χ3n) is 5.16. The van der Waals surface area contributed by atoms with Crippen molar-refractivity contribution in [1.29, 1.82) is 0 Å². The maximum absolute atomic E-state index is 13.1. The van der Waals surface area contributed by atoms with E-state index >= 15 is 0 Å². The van der Waals surface area contributed by atoms with Gasteiger partial charge in [0.25, 0.3) is 5.91 Å². The maximum atomic E-state index is 13.1. The summed E-state index contributed by atoms with van der Waals surface area (Å²) >= 11 is 6.21. The fourth-order valence-electron chi connectivity index (χ4n) is 3.55. The van der Waals surface area contributed by atoms with Crippen molar-refractivity contribution in [3.05, 3.63) is 70.5 Å². The predicted octanol–water partition coefficient (Wildman–Crippen LogP) is 4.23. The molecule has 2 heterocycles. The van der Waals surface area contributed by atoms with Gasteiger partial charge < -0.3 is 15.0 Å². The number of carbonyl (C=O) groups is 1. The van der Waals surface area contributed by atoms with Crippen LogP contribution in [0.15, 0.2) is 48.7 Å². The van der Waals surface area contributed by atoms with Crippen molar-refractivity contribution in [3.8, 4) is 5.69 Å². The number of nitrogens with zero attached hydrogens (tertiary/aromatic N) is 3. The van der Waals surface area contributed by atoms with E-state index in [4.69, 9.17) is 16.3 Å². The number of amides is 1. The fraction of sp³-hybridized carbons (Fsp3) is 0.273. The molecule has 1 saturated heterocycles. The molecular formula is C22H23ClN4O2. The van der Waals surface area contributed by atoms with Gasteiger partial charge in [0, 0.05) is 18.1 Å². The van der Waals surface area contributed by atoms with Crippen LogP contribution >= 0.6 is 11.6 Å². The highest BCUT2D eigenvalue weighted by molar-refractivity contribution is 6.31. The zero-order chi connectivity index (χ0) is 20.4. The molecule has 150 valence electrons. The number of halogens is 1. The molecule has 6 nitrogen and oxygen atoms in total. The van der Waals surface area contributed by atoms with Crippen molar-refractivity contribution in [1.82, 2.24) is 9.78 Å². The number of benzene rings is 2. The third kappa shape index (κ3) is 3.99. The van der Waals surface area contributed by atoms with Gasteiger partial charge in [-0.25, -0.2) is 4.68 Å². The molecule has 1 aliphatic rings. The average Bonchev–Trinajstić information content (AvgIpc) is 3.10. The lowest BCUT2D eigenvalue weighted by Crippen LogP contribution is -2.36. The Kier molecular flexibility index (Phi) is 5.56. The van der Waals surface area contributed by atoms with Crippen molar-refractivity contribution in [2.24, 2.45) is 0 Å². The second-order valence-corrected chi connectivity index (χ2v) is 7.49. The Bertz CT molecular complexity index is 1040. The van der Waals surface area contributed by atoms with Gasteiger partial charge in [0.2, 0.25) is 0 Å². The number of nitrogens with one attached hydrogen (secondary N) is 1. The number of aromatic nitrogens is 2. The van der Waals surface area contributed by atoms with E-state index in [0.717, 1.165) is 35.7 Å². The number of carbonyl (C=O) groups excluding carboxylic acids is 1. The number of rotatable bonds is 4. The highest BCUT2D eigenvalue weighted by Gasteiger charge is 2.20. The van der Waals surface area contributed by atoms with Gasteiger partial charge in [0.05, 0.1) is 47.7 Å². The molecule has 0 saturated carbocycles. The molecule has 0 radical (unpaired) electrons. The number of anilines is 2. The minimum Gasteiger partial charge on any atom is -0.378 e. The van der Waals surface area contributed by atoms with Gasteiger partial charge in [-0.3, -0.25) is 4.79 Å². The van der Waals surface area contributed by atoms with Crippen LogP contribution in [0.1, 0.15) is 21.6 Å². The average molecular weight is 411 g/mol. The van der Waals surface area contributed by atoms with E-state index in [-0.39, 0.29) is 5.91 Å². The Morgan fingerprint density at radius 2 is 1.86 bits per heavy atom. The summed E-state index contributed by atoms with van der Waals surface area (Å²) in [5.74, 6) is -0.209. The molecule has 1 N–H and O–H groups in total. The van der Waals surface area contributed by atoms with Crippen LogP contribution in [-0.2, 0) is 4.74 Å². The number of hydrogen-bond donors (Lipinski definition) is 1. The number of aryl methyl sites for hydroxylation is 1.